The van der Waals surface area contributed by atoms with Crippen molar-refractivity contribution < 1.29 is 9.13 Å². The van der Waals surface area contributed by atoms with Gasteiger partial charge in [-0.05, 0) is 31.0 Å². The van der Waals surface area contributed by atoms with Gasteiger partial charge in [0.15, 0.2) is 0 Å². The molecule has 0 aromatic carbocycles. The van der Waals surface area contributed by atoms with E-state index in [1.54, 1.807) is 13.3 Å². The van der Waals surface area contributed by atoms with E-state index in [2.05, 4.69) is 24.1 Å². The molecule has 0 aliphatic heterocycles. The molecule has 0 saturated carbocycles. The van der Waals surface area contributed by atoms with Gasteiger partial charge in [0.1, 0.15) is 5.82 Å². The standard InChI is InChI=1S/C14H23FN2O/c1-4-6-13(18-3)14(17-7-5-2)11-8-12(15)10-16-9-11/h8-10,13-14,17H,4-7H2,1-3H3. The zero-order valence-corrected chi connectivity index (χ0v) is 11.4. The lowest BCUT2D eigenvalue weighted by Crippen LogP contribution is -2.34. The second-order valence-corrected chi connectivity index (χ2v) is 4.43. The monoisotopic (exact) mass is 254 g/mol. The minimum Gasteiger partial charge on any atom is -0.379 e. The first-order valence-corrected chi connectivity index (χ1v) is 6.59. The number of halogens is 1. The molecule has 1 aromatic heterocycles. The van der Waals surface area contributed by atoms with Crippen molar-refractivity contribution in [1.29, 1.82) is 0 Å². The number of rotatable bonds is 8. The predicted octanol–water partition coefficient (Wildman–Crippen LogP) is 3.08. The van der Waals surface area contributed by atoms with E-state index in [9.17, 15) is 4.39 Å². The maximum atomic E-state index is 13.3. The molecule has 1 heterocycles. The van der Waals surface area contributed by atoms with Crippen LogP contribution >= 0.6 is 0 Å². The lowest BCUT2D eigenvalue weighted by Gasteiger charge is -2.27. The second-order valence-electron chi connectivity index (χ2n) is 4.43. The normalized spacial score (nSPS) is 14.4. The minimum atomic E-state index is -0.304. The van der Waals surface area contributed by atoms with Crippen molar-refractivity contribution in [2.75, 3.05) is 13.7 Å². The highest BCUT2D eigenvalue weighted by Gasteiger charge is 2.22. The fourth-order valence-corrected chi connectivity index (χ4v) is 2.07. The van der Waals surface area contributed by atoms with Crippen LogP contribution in [0.5, 0.6) is 0 Å². The van der Waals surface area contributed by atoms with Crippen molar-refractivity contribution in [3.05, 3.63) is 29.8 Å². The largest absolute Gasteiger partial charge is 0.379 e. The SMILES string of the molecule is CCCNC(c1cncc(F)c1)C(CCC)OC. The van der Waals surface area contributed by atoms with Gasteiger partial charge in [0, 0.05) is 13.3 Å². The van der Waals surface area contributed by atoms with Gasteiger partial charge < -0.3 is 10.1 Å². The van der Waals surface area contributed by atoms with Crippen LogP contribution in [0, 0.1) is 5.82 Å². The van der Waals surface area contributed by atoms with E-state index in [4.69, 9.17) is 4.74 Å². The molecule has 102 valence electrons. The lowest BCUT2D eigenvalue weighted by atomic mass is 9.99. The van der Waals surface area contributed by atoms with E-state index in [1.165, 1.54) is 12.3 Å². The van der Waals surface area contributed by atoms with Crippen LogP contribution in [0.3, 0.4) is 0 Å². The number of nitrogens with one attached hydrogen (secondary N) is 1. The summed E-state index contributed by atoms with van der Waals surface area (Å²) in [6.45, 7) is 5.10. The molecule has 0 amide bonds. The predicted molar refractivity (Wildman–Crippen MR) is 70.9 cm³/mol. The summed E-state index contributed by atoms with van der Waals surface area (Å²) in [7, 11) is 1.70. The van der Waals surface area contributed by atoms with E-state index >= 15 is 0 Å². The summed E-state index contributed by atoms with van der Waals surface area (Å²) in [4.78, 5) is 3.92. The van der Waals surface area contributed by atoms with Crippen molar-refractivity contribution in [3.63, 3.8) is 0 Å². The molecule has 1 N–H and O–H groups in total. The highest BCUT2D eigenvalue weighted by molar-refractivity contribution is 5.16. The smallest absolute Gasteiger partial charge is 0.141 e. The van der Waals surface area contributed by atoms with Crippen LogP contribution in [0.1, 0.15) is 44.7 Å². The number of nitrogens with zero attached hydrogens (tertiary/aromatic N) is 1. The van der Waals surface area contributed by atoms with Gasteiger partial charge in [-0.1, -0.05) is 20.3 Å². The summed E-state index contributed by atoms with van der Waals surface area (Å²) in [5.41, 5.74) is 0.851. The Morgan fingerprint density at radius 2 is 2.11 bits per heavy atom. The third-order valence-electron chi connectivity index (χ3n) is 2.95. The maximum absolute atomic E-state index is 13.3. The summed E-state index contributed by atoms with van der Waals surface area (Å²) in [5.74, 6) is -0.304. The molecule has 3 nitrogen and oxygen atoms in total. The van der Waals surface area contributed by atoms with E-state index in [-0.39, 0.29) is 18.0 Å². The zero-order chi connectivity index (χ0) is 13.4. The molecule has 0 radical (unpaired) electrons. The molecule has 4 heteroatoms. The van der Waals surface area contributed by atoms with Gasteiger partial charge in [0.2, 0.25) is 0 Å². The molecule has 0 aliphatic carbocycles. The van der Waals surface area contributed by atoms with Gasteiger partial charge in [-0.15, -0.1) is 0 Å². The Morgan fingerprint density at radius 3 is 2.67 bits per heavy atom. The number of hydrogen-bond donors (Lipinski definition) is 1. The van der Waals surface area contributed by atoms with Crippen LogP contribution in [0.15, 0.2) is 18.5 Å². The minimum absolute atomic E-state index is 0.00176. The first-order chi connectivity index (χ1) is 8.72. The molecule has 1 aromatic rings. The molecule has 0 spiro atoms. The lowest BCUT2D eigenvalue weighted by molar-refractivity contribution is 0.0604. The van der Waals surface area contributed by atoms with Crippen LogP contribution in [0.4, 0.5) is 4.39 Å². The number of methoxy groups -OCH3 is 1. The third-order valence-corrected chi connectivity index (χ3v) is 2.95. The quantitative estimate of drug-likeness (QED) is 0.774. The Hall–Kier alpha value is -1.00. The second kappa shape index (κ2) is 8.16. The molecule has 1 rings (SSSR count). The van der Waals surface area contributed by atoms with Gasteiger partial charge in [-0.2, -0.15) is 0 Å². The fourth-order valence-electron chi connectivity index (χ4n) is 2.07. The van der Waals surface area contributed by atoms with Crippen LogP contribution in [0.2, 0.25) is 0 Å². The molecular formula is C14H23FN2O. The van der Waals surface area contributed by atoms with E-state index < -0.39 is 0 Å². The molecule has 0 aliphatic rings. The molecule has 2 unspecified atom stereocenters. The topological polar surface area (TPSA) is 34.2 Å². The van der Waals surface area contributed by atoms with E-state index in [0.29, 0.717) is 0 Å². The molecule has 0 fully saturated rings. The number of aromatic nitrogens is 1. The Kier molecular flexibility index (Phi) is 6.83. The van der Waals surface area contributed by atoms with Crippen molar-refractivity contribution in [3.8, 4) is 0 Å². The van der Waals surface area contributed by atoms with E-state index in [1.807, 2.05) is 0 Å². The number of pyridine rings is 1. The van der Waals surface area contributed by atoms with Crippen LogP contribution in [-0.4, -0.2) is 24.7 Å². The van der Waals surface area contributed by atoms with Gasteiger partial charge in [-0.3, -0.25) is 4.98 Å². The van der Waals surface area contributed by atoms with Crippen molar-refractivity contribution in [2.24, 2.45) is 0 Å². The third kappa shape index (κ3) is 4.35. The van der Waals surface area contributed by atoms with Crippen molar-refractivity contribution >= 4 is 0 Å². The van der Waals surface area contributed by atoms with Crippen molar-refractivity contribution in [2.45, 2.75) is 45.3 Å². The molecule has 18 heavy (non-hydrogen) atoms. The summed E-state index contributed by atoms with van der Waals surface area (Å²) in [6, 6.07) is 1.53. The summed E-state index contributed by atoms with van der Waals surface area (Å²) in [6.07, 6.45) is 5.98. The zero-order valence-electron chi connectivity index (χ0n) is 11.4. The molecular weight excluding hydrogens is 231 g/mol. The van der Waals surface area contributed by atoms with Gasteiger partial charge in [-0.25, -0.2) is 4.39 Å². The average molecular weight is 254 g/mol. The molecule has 2 atom stereocenters. The summed E-state index contributed by atoms with van der Waals surface area (Å²) < 4.78 is 18.8. The fraction of sp³-hybridized carbons (Fsp3) is 0.643. The summed E-state index contributed by atoms with van der Waals surface area (Å²) >= 11 is 0. The Labute approximate surface area is 109 Å². The first-order valence-electron chi connectivity index (χ1n) is 6.59. The van der Waals surface area contributed by atoms with Crippen LogP contribution < -0.4 is 5.32 Å². The highest BCUT2D eigenvalue weighted by Crippen LogP contribution is 2.22. The maximum Gasteiger partial charge on any atom is 0.141 e. The van der Waals surface area contributed by atoms with Gasteiger partial charge in [0.05, 0.1) is 18.3 Å². The molecule has 0 bridgehead atoms. The van der Waals surface area contributed by atoms with Crippen LogP contribution in [0.25, 0.3) is 0 Å². The Morgan fingerprint density at radius 1 is 1.33 bits per heavy atom. The van der Waals surface area contributed by atoms with Crippen molar-refractivity contribution in [1.82, 2.24) is 10.3 Å². The number of hydrogen-bond acceptors (Lipinski definition) is 3. The Balaban J connectivity index is 2.88. The summed E-state index contributed by atoms with van der Waals surface area (Å²) in [5, 5.41) is 3.42. The van der Waals surface area contributed by atoms with E-state index in [0.717, 1.165) is 31.4 Å². The average Bonchev–Trinajstić information content (AvgIpc) is 2.38. The van der Waals surface area contributed by atoms with Crippen LogP contribution in [-0.2, 0) is 4.74 Å². The highest BCUT2D eigenvalue weighted by atomic mass is 19.1. The molecule has 0 saturated heterocycles. The first kappa shape index (κ1) is 15.1. The van der Waals surface area contributed by atoms with Gasteiger partial charge in [0.25, 0.3) is 0 Å². The Bertz CT molecular complexity index is 346. The number of ether oxygens (including phenoxy) is 1. The van der Waals surface area contributed by atoms with Gasteiger partial charge >= 0.3 is 0 Å².